The van der Waals surface area contributed by atoms with Gasteiger partial charge in [0.25, 0.3) is 9.84 Å². The second-order valence-corrected chi connectivity index (χ2v) is 5.19. The standard InChI is InChI=1S/C8H5F6NO2S/c9-7(10,11)6-5(2-1-3-15-6)4-18(16,17)8(12,13)14/h1-3H,4H2. The Morgan fingerprint density at radius 2 is 1.67 bits per heavy atom. The molecule has 0 saturated carbocycles. The van der Waals surface area contributed by atoms with E-state index in [1.54, 1.807) is 0 Å². The van der Waals surface area contributed by atoms with Gasteiger partial charge in [0.05, 0.1) is 5.75 Å². The van der Waals surface area contributed by atoms with Gasteiger partial charge in [0.1, 0.15) is 5.69 Å². The van der Waals surface area contributed by atoms with Gasteiger partial charge in [-0.1, -0.05) is 6.07 Å². The first kappa shape index (κ1) is 14.7. The van der Waals surface area contributed by atoms with Crippen LogP contribution in [0.3, 0.4) is 0 Å². The van der Waals surface area contributed by atoms with Gasteiger partial charge in [0, 0.05) is 6.20 Å². The number of hydrogen-bond donors (Lipinski definition) is 0. The molecule has 0 amide bonds. The molecule has 0 atom stereocenters. The van der Waals surface area contributed by atoms with E-state index >= 15 is 0 Å². The third-order valence-corrected chi connectivity index (χ3v) is 3.25. The Kier molecular flexibility index (Phi) is 3.61. The third kappa shape index (κ3) is 3.12. The van der Waals surface area contributed by atoms with Crippen LogP contribution in [0.25, 0.3) is 0 Å². The van der Waals surface area contributed by atoms with Crippen molar-refractivity contribution in [3.63, 3.8) is 0 Å². The molecule has 0 bridgehead atoms. The highest BCUT2D eigenvalue weighted by molar-refractivity contribution is 7.91. The van der Waals surface area contributed by atoms with Gasteiger partial charge in [-0.2, -0.15) is 26.3 Å². The number of halogens is 6. The summed E-state index contributed by atoms with van der Waals surface area (Å²) in [6.45, 7) is 0. The summed E-state index contributed by atoms with van der Waals surface area (Å²) < 4.78 is 94.9. The van der Waals surface area contributed by atoms with E-state index in [1.807, 2.05) is 0 Å². The quantitative estimate of drug-likeness (QED) is 0.787. The Hall–Kier alpha value is -1.32. The molecule has 0 N–H and O–H groups in total. The van der Waals surface area contributed by atoms with Crippen LogP contribution >= 0.6 is 0 Å². The van der Waals surface area contributed by atoms with Crippen molar-refractivity contribution >= 4 is 9.84 Å². The Morgan fingerprint density at radius 1 is 1.11 bits per heavy atom. The van der Waals surface area contributed by atoms with Gasteiger partial charge >= 0.3 is 11.7 Å². The first-order valence-corrected chi connectivity index (χ1v) is 5.90. The zero-order valence-electron chi connectivity index (χ0n) is 8.38. The molecule has 0 radical (unpaired) electrons. The minimum absolute atomic E-state index is 0.638. The lowest BCUT2D eigenvalue weighted by Gasteiger charge is -2.12. The van der Waals surface area contributed by atoms with Crippen molar-refractivity contribution in [3.8, 4) is 0 Å². The number of pyridine rings is 1. The summed E-state index contributed by atoms with van der Waals surface area (Å²) in [4.78, 5) is 2.86. The van der Waals surface area contributed by atoms with Crippen molar-refractivity contribution in [2.24, 2.45) is 0 Å². The molecule has 18 heavy (non-hydrogen) atoms. The maximum Gasteiger partial charge on any atom is 0.497 e. The van der Waals surface area contributed by atoms with E-state index in [-0.39, 0.29) is 0 Å². The van der Waals surface area contributed by atoms with Crippen LogP contribution in [0.4, 0.5) is 26.3 Å². The molecule has 1 heterocycles. The van der Waals surface area contributed by atoms with E-state index < -0.39 is 38.5 Å². The van der Waals surface area contributed by atoms with Crippen molar-refractivity contribution < 1.29 is 34.8 Å². The molecule has 0 aliphatic rings. The van der Waals surface area contributed by atoms with Crippen molar-refractivity contribution in [1.82, 2.24) is 4.98 Å². The molecule has 0 aliphatic heterocycles. The smallest absolute Gasteiger partial charge is 0.251 e. The van der Waals surface area contributed by atoms with Gasteiger partial charge in [0.15, 0.2) is 0 Å². The van der Waals surface area contributed by atoms with E-state index in [0.717, 1.165) is 6.07 Å². The molecule has 0 aliphatic carbocycles. The fraction of sp³-hybridized carbons (Fsp3) is 0.375. The van der Waals surface area contributed by atoms with E-state index in [9.17, 15) is 34.8 Å². The Bertz CT molecular complexity index is 533. The topological polar surface area (TPSA) is 47.0 Å². The first-order chi connectivity index (χ1) is 7.95. The summed E-state index contributed by atoms with van der Waals surface area (Å²) in [6, 6.07) is 1.57. The summed E-state index contributed by atoms with van der Waals surface area (Å²) in [7, 11) is -5.67. The lowest BCUT2D eigenvalue weighted by molar-refractivity contribution is -0.141. The van der Waals surface area contributed by atoms with Gasteiger partial charge in [0.2, 0.25) is 0 Å². The minimum Gasteiger partial charge on any atom is -0.251 e. The van der Waals surface area contributed by atoms with Crippen LogP contribution in [-0.4, -0.2) is 18.9 Å². The molecule has 0 spiro atoms. The van der Waals surface area contributed by atoms with E-state index in [4.69, 9.17) is 0 Å². The zero-order chi connectivity index (χ0) is 14.2. The molecule has 3 nitrogen and oxygen atoms in total. The normalized spacial score (nSPS) is 13.7. The van der Waals surface area contributed by atoms with Crippen molar-refractivity contribution in [1.29, 1.82) is 0 Å². The molecule has 10 heteroatoms. The first-order valence-electron chi connectivity index (χ1n) is 4.25. The second-order valence-electron chi connectivity index (χ2n) is 3.21. The van der Waals surface area contributed by atoms with Gasteiger partial charge in [-0.05, 0) is 11.6 Å². The van der Waals surface area contributed by atoms with Crippen molar-refractivity contribution in [2.75, 3.05) is 0 Å². The molecule has 0 aromatic carbocycles. The van der Waals surface area contributed by atoms with E-state index in [0.29, 0.717) is 12.3 Å². The molecule has 0 fully saturated rings. The molecular formula is C8H5F6NO2S. The molecule has 1 rings (SSSR count). The van der Waals surface area contributed by atoms with Gasteiger partial charge in [-0.25, -0.2) is 8.42 Å². The summed E-state index contributed by atoms with van der Waals surface area (Å²) in [5.41, 5.74) is -8.29. The fourth-order valence-electron chi connectivity index (χ4n) is 1.10. The number of hydrogen-bond acceptors (Lipinski definition) is 3. The SMILES string of the molecule is O=S(=O)(Cc1cccnc1C(F)(F)F)C(F)(F)F. The lowest BCUT2D eigenvalue weighted by atomic mass is 10.2. The van der Waals surface area contributed by atoms with Crippen LogP contribution in [0.5, 0.6) is 0 Å². The van der Waals surface area contributed by atoms with E-state index in [2.05, 4.69) is 4.98 Å². The van der Waals surface area contributed by atoms with Crippen LogP contribution < -0.4 is 0 Å². The summed E-state index contributed by atoms with van der Waals surface area (Å²) in [6.07, 6.45) is -4.30. The zero-order valence-corrected chi connectivity index (χ0v) is 9.20. The lowest BCUT2D eigenvalue weighted by Crippen LogP contribution is -2.26. The average Bonchev–Trinajstić information content (AvgIpc) is 2.14. The van der Waals surface area contributed by atoms with Crippen LogP contribution in [0.15, 0.2) is 18.3 Å². The number of aromatic nitrogens is 1. The highest BCUT2D eigenvalue weighted by atomic mass is 32.2. The molecule has 0 saturated heterocycles. The van der Waals surface area contributed by atoms with Gasteiger partial charge < -0.3 is 0 Å². The number of rotatable bonds is 2. The van der Waals surface area contributed by atoms with Crippen LogP contribution in [0.1, 0.15) is 11.3 Å². The van der Waals surface area contributed by atoms with Gasteiger partial charge in [-0.15, -0.1) is 0 Å². The summed E-state index contributed by atoms with van der Waals surface area (Å²) in [5, 5.41) is 0. The van der Waals surface area contributed by atoms with E-state index in [1.165, 1.54) is 0 Å². The molecule has 102 valence electrons. The van der Waals surface area contributed by atoms with Crippen LogP contribution in [0.2, 0.25) is 0 Å². The average molecular weight is 293 g/mol. The summed E-state index contributed by atoms with van der Waals surface area (Å²) in [5.74, 6) is -1.79. The maximum atomic E-state index is 12.4. The molecular weight excluding hydrogens is 288 g/mol. The third-order valence-electron chi connectivity index (χ3n) is 1.86. The maximum absolute atomic E-state index is 12.4. The predicted octanol–water partition coefficient (Wildman–Crippen LogP) is 2.54. The molecule has 1 aromatic heterocycles. The second kappa shape index (κ2) is 4.41. The molecule has 0 unspecified atom stereocenters. The van der Waals surface area contributed by atoms with Crippen molar-refractivity contribution in [2.45, 2.75) is 17.4 Å². The number of alkyl halides is 6. The highest BCUT2D eigenvalue weighted by Gasteiger charge is 2.47. The highest BCUT2D eigenvalue weighted by Crippen LogP contribution is 2.33. The Labute approximate surface area is 97.4 Å². The predicted molar refractivity (Wildman–Crippen MR) is 47.9 cm³/mol. The number of nitrogens with zero attached hydrogens (tertiary/aromatic N) is 1. The minimum atomic E-state index is -5.67. The van der Waals surface area contributed by atoms with Crippen LogP contribution in [-0.2, 0) is 21.8 Å². The van der Waals surface area contributed by atoms with Crippen molar-refractivity contribution in [3.05, 3.63) is 29.6 Å². The summed E-state index contributed by atoms with van der Waals surface area (Å²) >= 11 is 0. The van der Waals surface area contributed by atoms with Gasteiger partial charge in [-0.3, -0.25) is 4.98 Å². The fourth-order valence-corrected chi connectivity index (χ4v) is 1.90. The Morgan fingerprint density at radius 3 is 2.11 bits per heavy atom. The monoisotopic (exact) mass is 293 g/mol. The van der Waals surface area contributed by atoms with Crippen LogP contribution in [0, 0.1) is 0 Å². The largest absolute Gasteiger partial charge is 0.497 e. The molecule has 1 aromatic rings. The Balaban J connectivity index is 3.22. The number of sulfone groups is 1.